The molecule has 2 fully saturated rings. The maximum atomic E-state index is 14.3. The third-order valence-electron chi connectivity index (χ3n) is 10.2. The maximum absolute atomic E-state index is 14.3. The molecule has 5 aromatic rings. The lowest BCUT2D eigenvalue weighted by atomic mass is 9.92. The minimum Gasteiger partial charge on any atom is -0.371 e. The van der Waals surface area contributed by atoms with Gasteiger partial charge in [-0.2, -0.15) is 5.10 Å². The van der Waals surface area contributed by atoms with E-state index in [0.29, 0.717) is 24.7 Å². The van der Waals surface area contributed by atoms with E-state index in [4.69, 9.17) is 14.6 Å². The summed E-state index contributed by atoms with van der Waals surface area (Å²) in [6.07, 6.45) is 7.35. The first kappa shape index (κ1) is 36.1. The number of hydrogen-bond acceptors (Lipinski definition) is 6. The number of amides is 2. The Morgan fingerprint density at radius 2 is 1.08 bits per heavy atom. The predicted molar refractivity (Wildman–Crippen MR) is 207 cm³/mol. The number of nitrogens with one attached hydrogen (secondary N) is 2. The van der Waals surface area contributed by atoms with Crippen LogP contribution in [0.5, 0.6) is 0 Å². The monoisotopic (exact) mass is 711 g/mol. The molecule has 0 aliphatic heterocycles. The fraction of sp³-hybridized carbons (Fsp3) is 0.341. The molecule has 4 aromatic carbocycles. The van der Waals surface area contributed by atoms with E-state index >= 15 is 0 Å². The van der Waals surface area contributed by atoms with Gasteiger partial charge in [0.25, 0.3) is 5.91 Å². The van der Waals surface area contributed by atoms with Crippen molar-refractivity contribution in [3.8, 4) is 0 Å². The Hall–Kier alpha value is -5.25. The lowest BCUT2D eigenvalue weighted by Crippen LogP contribution is -2.48. The number of carbonyl (C=O) groups excluding carboxylic acids is 2. The highest BCUT2D eigenvalue weighted by Crippen LogP contribution is 2.34. The van der Waals surface area contributed by atoms with E-state index in [0.717, 1.165) is 73.9 Å². The summed E-state index contributed by atoms with van der Waals surface area (Å²) in [6, 6.07) is 41.6. The fourth-order valence-corrected chi connectivity index (χ4v) is 7.49. The fourth-order valence-electron chi connectivity index (χ4n) is 7.49. The van der Waals surface area contributed by atoms with Crippen molar-refractivity contribution >= 4 is 29.0 Å². The van der Waals surface area contributed by atoms with E-state index in [9.17, 15) is 9.59 Å². The smallest absolute Gasteiger partial charge is 0.269 e. The Morgan fingerprint density at radius 3 is 1.58 bits per heavy atom. The van der Waals surface area contributed by atoms with Crippen LogP contribution in [0.25, 0.3) is 0 Å². The zero-order chi connectivity index (χ0) is 36.2. The summed E-state index contributed by atoms with van der Waals surface area (Å²) in [5, 5.41) is 11.5. The molecule has 1 heterocycles. The zero-order valence-corrected chi connectivity index (χ0v) is 30.2. The largest absolute Gasteiger partial charge is 0.371 e. The molecule has 9 heteroatoms. The first-order valence-corrected chi connectivity index (χ1v) is 19.0. The van der Waals surface area contributed by atoms with Gasteiger partial charge in [0.2, 0.25) is 5.91 Å². The highest BCUT2D eigenvalue weighted by atomic mass is 16.5. The topological polar surface area (TPSA) is 97.7 Å². The van der Waals surface area contributed by atoms with Crippen LogP contribution < -0.4 is 15.5 Å². The minimum atomic E-state index is -0.278. The molecule has 0 unspecified atom stereocenters. The highest BCUT2D eigenvalue weighted by molar-refractivity contribution is 5.95. The SMILES string of the molecule is O=C(Cn1nc(N(c2ccccc2)c2ccccc2)cc1C(=O)N[C@H]1CCCC[C@@H]1OCc1ccccc1)N[C@H]1CCCC[C@@H]1OCc1ccccc1. The van der Waals surface area contributed by atoms with Gasteiger partial charge in [-0.05, 0) is 61.1 Å². The Morgan fingerprint density at radius 1 is 0.623 bits per heavy atom. The average Bonchev–Trinajstić information content (AvgIpc) is 3.61. The molecule has 2 N–H and O–H groups in total. The molecule has 9 nitrogen and oxygen atoms in total. The number of nitrogens with zero attached hydrogens (tertiary/aromatic N) is 3. The van der Waals surface area contributed by atoms with Gasteiger partial charge in [0, 0.05) is 17.4 Å². The van der Waals surface area contributed by atoms with Crippen molar-refractivity contribution < 1.29 is 19.1 Å². The van der Waals surface area contributed by atoms with Crippen LogP contribution in [0.4, 0.5) is 17.2 Å². The summed E-state index contributed by atoms with van der Waals surface area (Å²) in [5.74, 6) is 0.0591. The van der Waals surface area contributed by atoms with Crippen molar-refractivity contribution in [2.45, 2.75) is 95.4 Å². The van der Waals surface area contributed by atoms with Gasteiger partial charge in [-0.3, -0.25) is 14.5 Å². The molecule has 2 aliphatic carbocycles. The number of para-hydroxylation sites is 2. The van der Waals surface area contributed by atoms with Gasteiger partial charge in [0.15, 0.2) is 5.82 Å². The summed E-state index contributed by atoms with van der Waals surface area (Å²) >= 11 is 0. The van der Waals surface area contributed by atoms with Crippen LogP contribution in [0.1, 0.15) is 73.0 Å². The van der Waals surface area contributed by atoms with E-state index in [-0.39, 0.29) is 42.7 Å². The van der Waals surface area contributed by atoms with Crippen LogP contribution in [-0.4, -0.2) is 45.9 Å². The summed E-state index contributed by atoms with van der Waals surface area (Å²) in [6.45, 7) is 0.873. The Kier molecular flexibility index (Phi) is 12.3. The average molecular weight is 712 g/mol. The molecule has 0 spiro atoms. The van der Waals surface area contributed by atoms with Crippen LogP contribution >= 0.6 is 0 Å². The summed E-state index contributed by atoms with van der Waals surface area (Å²) in [7, 11) is 0. The number of aromatic nitrogens is 2. The first-order chi connectivity index (χ1) is 26.1. The summed E-state index contributed by atoms with van der Waals surface area (Å²) < 4.78 is 14.3. The number of benzene rings is 4. The summed E-state index contributed by atoms with van der Waals surface area (Å²) in [5.41, 5.74) is 4.31. The number of anilines is 3. The van der Waals surface area contributed by atoms with Crippen molar-refractivity contribution in [1.82, 2.24) is 20.4 Å². The number of ether oxygens (including phenoxy) is 2. The lowest BCUT2D eigenvalue weighted by molar-refractivity contribution is -0.124. The minimum absolute atomic E-state index is 0.0883. The highest BCUT2D eigenvalue weighted by Gasteiger charge is 2.31. The normalized spacial score (nSPS) is 20.0. The van der Waals surface area contributed by atoms with E-state index in [1.807, 2.05) is 102 Å². The van der Waals surface area contributed by atoms with E-state index in [1.165, 1.54) is 0 Å². The molecular formula is C44H49N5O4. The molecule has 7 rings (SSSR count). The molecule has 2 saturated carbocycles. The molecule has 0 saturated heterocycles. The first-order valence-electron chi connectivity index (χ1n) is 19.0. The van der Waals surface area contributed by atoms with Crippen molar-refractivity contribution in [1.29, 1.82) is 0 Å². The number of carbonyl (C=O) groups is 2. The predicted octanol–water partition coefficient (Wildman–Crippen LogP) is 8.25. The van der Waals surface area contributed by atoms with Crippen molar-refractivity contribution in [2.75, 3.05) is 4.90 Å². The van der Waals surface area contributed by atoms with Gasteiger partial charge in [-0.25, -0.2) is 4.68 Å². The standard InChI is InChI=1S/C44H49N5O4/c50-43(45-37-25-13-15-27-40(37)52-31-33-17-5-1-6-18-33)30-48-39(29-42(47-48)49(35-21-9-3-10-22-35)36-23-11-4-12-24-36)44(51)46-38-26-14-16-28-41(38)53-32-34-19-7-2-8-20-34/h1-12,17-24,29,37-38,40-41H,13-16,25-28,30-32H2,(H,45,50)(H,46,51)/t37-,38-,40-,41-/m0/s1. The third kappa shape index (κ3) is 9.60. The van der Waals surface area contributed by atoms with E-state index < -0.39 is 0 Å². The van der Waals surface area contributed by atoms with Crippen LogP contribution in [0.15, 0.2) is 127 Å². The van der Waals surface area contributed by atoms with Crippen LogP contribution in [-0.2, 0) is 34.0 Å². The second-order valence-corrected chi connectivity index (χ2v) is 14.0. The molecule has 4 atom stereocenters. The Balaban J connectivity index is 1.13. The van der Waals surface area contributed by atoms with Crippen LogP contribution in [0.3, 0.4) is 0 Å². The molecular weight excluding hydrogens is 663 g/mol. The van der Waals surface area contributed by atoms with Gasteiger partial charge >= 0.3 is 0 Å². The molecule has 53 heavy (non-hydrogen) atoms. The van der Waals surface area contributed by atoms with E-state index in [2.05, 4.69) is 34.9 Å². The van der Waals surface area contributed by atoms with E-state index in [1.54, 1.807) is 10.7 Å². The molecule has 2 amide bonds. The van der Waals surface area contributed by atoms with Gasteiger partial charge in [-0.1, -0.05) is 123 Å². The second kappa shape index (κ2) is 18.0. The second-order valence-electron chi connectivity index (χ2n) is 14.0. The molecule has 1 aromatic heterocycles. The van der Waals surface area contributed by atoms with Gasteiger partial charge < -0.3 is 20.1 Å². The van der Waals surface area contributed by atoms with Crippen molar-refractivity contribution in [3.63, 3.8) is 0 Å². The quantitative estimate of drug-likeness (QED) is 0.120. The van der Waals surface area contributed by atoms with Crippen LogP contribution in [0, 0.1) is 0 Å². The molecule has 274 valence electrons. The molecule has 0 radical (unpaired) electrons. The lowest BCUT2D eigenvalue weighted by Gasteiger charge is -2.32. The zero-order valence-electron chi connectivity index (χ0n) is 30.2. The Labute approximate surface area is 312 Å². The molecule has 2 aliphatic rings. The molecule has 0 bridgehead atoms. The third-order valence-corrected chi connectivity index (χ3v) is 10.2. The maximum Gasteiger partial charge on any atom is 0.269 e. The number of rotatable bonds is 14. The van der Waals surface area contributed by atoms with Crippen molar-refractivity contribution in [2.24, 2.45) is 0 Å². The van der Waals surface area contributed by atoms with Gasteiger partial charge in [-0.15, -0.1) is 0 Å². The summed E-state index contributed by atoms with van der Waals surface area (Å²) in [4.78, 5) is 30.2. The van der Waals surface area contributed by atoms with Crippen molar-refractivity contribution in [3.05, 3.63) is 144 Å². The van der Waals surface area contributed by atoms with Crippen LogP contribution in [0.2, 0.25) is 0 Å². The van der Waals surface area contributed by atoms with Gasteiger partial charge in [0.05, 0.1) is 37.5 Å². The Bertz CT molecular complexity index is 1850. The number of hydrogen-bond donors (Lipinski definition) is 2. The van der Waals surface area contributed by atoms with Gasteiger partial charge in [0.1, 0.15) is 12.2 Å².